The molecule has 1 aromatic carbocycles. The highest BCUT2D eigenvalue weighted by molar-refractivity contribution is 6.33. The maximum atomic E-state index is 14.2. The van der Waals surface area contributed by atoms with Crippen LogP contribution in [-0.2, 0) is 4.74 Å². The number of hydrogen-bond donors (Lipinski definition) is 2. The molecule has 1 atom stereocenters. The first kappa shape index (κ1) is 13.2. The minimum Gasteiger partial charge on any atom is -0.397 e. The summed E-state index contributed by atoms with van der Waals surface area (Å²) in [6.45, 7) is 1.35. The van der Waals surface area contributed by atoms with Crippen LogP contribution in [0, 0.1) is 5.82 Å². The number of methoxy groups -OCH3 is 1. The largest absolute Gasteiger partial charge is 0.397 e. The molecule has 1 heterocycles. The average Bonchev–Trinajstić information content (AvgIpc) is 2.36. The molecular formula is C12H17ClFN3O. The van der Waals surface area contributed by atoms with Crippen LogP contribution >= 0.6 is 11.6 Å². The SMILES string of the molecule is COC1CCCN(c2c(N)cc(N)c(Cl)c2F)C1. The van der Waals surface area contributed by atoms with E-state index < -0.39 is 5.82 Å². The van der Waals surface area contributed by atoms with Crippen LogP contribution in [0.25, 0.3) is 0 Å². The minimum atomic E-state index is -0.550. The highest BCUT2D eigenvalue weighted by atomic mass is 35.5. The topological polar surface area (TPSA) is 64.5 Å². The molecular weight excluding hydrogens is 257 g/mol. The number of piperidine rings is 1. The summed E-state index contributed by atoms with van der Waals surface area (Å²) >= 11 is 5.83. The Bertz CT molecular complexity index is 455. The molecule has 1 unspecified atom stereocenters. The van der Waals surface area contributed by atoms with Gasteiger partial charge in [0, 0.05) is 20.2 Å². The van der Waals surface area contributed by atoms with Crippen molar-refractivity contribution in [2.75, 3.05) is 36.6 Å². The summed E-state index contributed by atoms with van der Waals surface area (Å²) in [5, 5.41) is -0.0706. The predicted molar refractivity (Wildman–Crippen MR) is 72.5 cm³/mol. The molecule has 0 radical (unpaired) electrons. The van der Waals surface area contributed by atoms with Gasteiger partial charge in [0.05, 0.1) is 23.2 Å². The number of benzene rings is 1. The van der Waals surface area contributed by atoms with Crippen LogP contribution in [0.1, 0.15) is 12.8 Å². The smallest absolute Gasteiger partial charge is 0.169 e. The fraction of sp³-hybridized carbons (Fsp3) is 0.500. The van der Waals surface area contributed by atoms with Crippen molar-refractivity contribution in [3.8, 4) is 0 Å². The molecule has 0 spiro atoms. The summed E-state index contributed by atoms with van der Waals surface area (Å²) in [4.78, 5) is 1.87. The number of hydrogen-bond acceptors (Lipinski definition) is 4. The number of nitrogen functional groups attached to an aromatic ring is 2. The van der Waals surface area contributed by atoms with E-state index in [1.165, 1.54) is 6.07 Å². The Morgan fingerprint density at radius 3 is 2.83 bits per heavy atom. The molecule has 1 saturated heterocycles. The lowest BCUT2D eigenvalue weighted by Gasteiger charge is -2.34. The number of rotatable bonds is 2. The van der Waals surface area contributed by atoms with Gasteiger partial charge in [-0.1, -0.05) is 11.6 Å². The fourth-order valence-electron chi connectivity index (χ4n) is 2.31. The van der Waals surface area contributed by atoms with Crippen LogP contribution in [-0.4, -0.2) is 26.3 Å². The zero-order chi connectivity index (χ0) is 13.3. The summed E-state index contributed by atoms with van der Waals surface area (Å²) in [6.07, 6.45) is 1.99. The second kappa shape index (κ2) is 5.20. The van der Waals surface area contributed by atoms with Crippen molar-refractivity contribution in [3.63, 3.8) is 0 Å². The van der Waals surface area contributed by atoms with E-state index in [1.54, 1.807) is 7.11 Å². The van der Waals surface area contributed by atoms with Gasteiger partial charge >= 0.3 is 0 Å². The highest BCUT2D eigenvalue weighted by Crippen LogP contribution is 2.37. The standard InChI is InChI=1S/C12H17ClFN3O/c1-18-7-3-2-4-17(6-7)12-9(16)5-8(15)10(13)11(12)14/h5,7H,2-4,6,15-16H2,1H3. The third-order valence-electron chi connectivity index (χ3n) is 3.27. The molecule has 18 heavy (non-hydrogen) atoms. The predicted octanol–water partition coefficient (Wildman–Crippen LogP) is 2.26. The van der Waals surface area contributed by atoms with Gasteiger partial charge in [0.15, 0.2) is 5.82 Å². The number of nitrogens with two attached hydrogens (primary N) is 2. The van der Waals surface area contributed by atoms with E-state index >= 15 is 0 Å². The summed E-state index contributed by atoms with van der Waals surface area (Å²) in [6, 6.07) is 1.50. The molecule has 4 nitrogen and oxygen atoms in total. The van der Waals surface area contributed by atoms with Crippen molar-refractivity contribution in [1.29, 1.82) is 0 Å². The van der Waals surface area contributed by atoms with E-state index in [9.17, 15) is 4.39 Å². The maximum absolute atomic E-state index is 14.2. The molecule has 1 aliphatic heterocycles. The van der Waals surface area contributed by atoms with Gasteiger partial charge in [-0.3, -0.25) is 0 Å². The molecule has 0 bridgehead atoms. The lowest BCUT2D eigenvalue weighted by atomic mass is 10.1. The molecule has 1 aromatic rings. The maximum Gasteiger partial charge on any atom is 0.169 e. The molecule has 0 aliphatic carbocycles. The van der Waals surface area contributed by atoms with Gasteiger partial charge in [0.25, 0.3) is 0 Å². The summed E-state index contributed by atoms with van der Waals surface area (Å²) in [7, 11) is 1.66. The second-order valence-corrected chi connectivity index (χ2v) is 4.86. The van der Waals surface area contributed by atoms with Crippen molar-refractivity contribution in [1.82, 2.24) is 0 Å². The quantitative estimate of drug-likeness (QED) is 0.812. The first-order chi connectivity index (χ1) is 8.54. The minimum absolute atomic E-state index is 0.0706. The van der Waals surface area contributed by atoms with Gasteiger partial charge < -0.3 is 21.1 Å². The van der Waals surface area contributed by atoms with Crippen molar-refractivity contribution in [2.45, 2.75) is 18.9 Å². The van der Waals surface area contributed by atoms with Crippen molar-refractivity contribution >= 4 is 28.7 Å². The second-order valence-electron chi connectivity index (χ2n) is 4.48. The third kappa shape index (κ3) is 2.33. The Morgan fingerprint density at radius 1 is 1.44 bits per heavy atom. The Kier molecular flexibility index (Phi) is 3.82. The zero-order valence-corrected chi connectivity index (χ0v) is 11.0. The van der Waals surface area contributed by atoms with Crippen LogP contribution in [0.5, 0.6) is 0 Å². The molecule has 1 fully saturated rings. The van der Waals surface area contributed by atoms with Crippen LogP contribution in [0.3, 0.4) is 0 Å². The molecule has 0 aromatic heterocycles. The summed E-state index contributed by atoms with van der Waals surface area (Å²) in [5.74, 6) is -0.550. The fourth-order valence-corrected chi connectivity index (χ4v) is 2.46. The number of anilines is 3. The van der Waals surface area contributed by atoms with E-state index in [0.29, 0.717) is 17.9 Å². The first-order valence-electron chi connectivity index (χ1n) is 5.85. The van der Waals surface area contributed by atoms with E-state index in [1.807, 2.05) is 4.90 Å². The molecule has 4 N–H and O–H groups in total. The normalized spacial score (nSPS) is 20.2. The lowest BCUT2D eigenvalue weighted by Crippen LogP contribution is -2.40. The Hall–Kier alpha value is -1.20. The van der Waals surface area contributed by atoms with Gasteiger partial charge in [-0.15, -0.1) is 0 Å². The van der Waals surface area contributed by atoms with Gasteiger partial charge in [0.1, 0.15) is 5.02 Å². The molecule has 6 heteroatoms. The van der Waals surface area contributed by atoms with Crippen LogP contribution in [0.15, 0.2) is 6.07 Å². The van der Waals surface area contributed by atoms with Crippen LogP contribution in [0.4, 0.5) is 21.5 Å². The highest BCUT2D eigenvalue weighted by Gasteiger charge is 2.25. The van der Waals surface area contributed by atoms with Gasteiger partial charge in [-0.25, -0.2) is 4.39 Å². The molecule has 0 saturated carbocycles. The molecule has 0 amide bonds. The Morgan fingerprint density at radius 2 is 2.17 bits per heavy atom. The van der Waals surface area contributed by atoms with Crippen LogP contribution < -0.4 is 16.4 Å². The molecule has 1 aliphatic rings. The van der Waals surface area contributed by atoms with Crippen molar-refractivity contribution in [2.24, 2.45) is 0 Å². The average molecular weight is 274 g/mol. The van der Waals surface area contributed by atoms with Crippen molar-refractivity contribution in [3.05, 3.63) is 16.9 Å². The number of nitrogens with zero attached hydrogens (tertiary/aromatic N) is 1. The first-order valence-corrected chi connectivity index (χ1v) is 6.23. The zero-order valence-electron chi connectivity index (χ0n) is 10.2. The number of ether oxygens (including phenoxy) is 1. The lowest BCUT2D eigenvalue weighted by molar-refractivity contribution is 0.0892. The summed E-state index contributed by atoms with van der Waals surface area (Å²) in [5.41, 5.74) is 12.2. The Labute approximate surface area is 111 Å². The monoisotopic (exact) mass is 273 g/mol. The van der Waals surface area contributed by atoms with Gasteiger partial charge in [0.2, 0.25) is 0 Å². The van der Waals surface area contributed by atoms with E-state index in [2.05, 4.69) is 0 Å². The van der Waals surface area contributed by atoms with E-state index in [-0.39, 0.29) is 16.8 Å². The third-order valence-corrected chi connectivity index (χ3v) is 3.65. The van der Waals surface area contributed by atoms with Crippen molar-refractivity contribution < 1.29 is 9.13 Å². The number of halogens is 2. The molecule has 100 valence electrons. The molecule has 2 rings (SSSR count). The Balaban J connectivity index is 2.35. The van der Waals surface area contributed by atoms with Gasteiger partial charge in [-0.05, 0) is 18.9 Å². The van der Waals surface area contributed by atoms with Gasteiger partial charge in [-0.2, -0.15) is 0 Å². The summed E-state index contributed by atoms with van der Waals surface area (Å²) < 4.78 is 19.5. The van der Waals surface area contributed by atoms with E-state index in [4.69, 9.17) is 27.8 Å². The van der Waals surface area contributed by atoms with Crippen LogP contribution in [0.2, 0.25) is 5.02 Å². The van der Waals surface area contributed by atoms with E-state index in [0.717, 1.165) is 19.4 Å².